The van der Waals surface area contributed by atoms with Crippen molar-refractivity contribution in [3.8, 4) is 0 Å². The van der Waals surface area contributed by atoms with Gasteiger partial charge in [-0.1, -0.05) is 242 Å². The van der Waals surface area contributed by atoms with Crippen molar-refractivity contribution in [3.63, 3.8) is 0 Å². The van der Waals surface area contributed by atoms with Crippen LogP contribution in [0.1, 0.15) is 290 Å². The Morgan fingerprint density at radius 1 is 0.433 bits per heavy atom. The molecule has 67 heavy (non-hydrogen) atoms. The average molecular weight is 939 g/mol. The molecule has 0 aliphatic rings. The predicted octanol–water partition coefficient (Wildman–Crippen LogP) is 18.0. The van der Waals surface area contributed by atoms with Gasteiger partial charge in [0.15, 0.2) is 0 Å². The first kappa shape index (κ1) is 64.6. The van der Waals surface area contributed by atoms with Crippen LogP contribution < -0.4 is 5.32 Å². The summed E-state index contributed by atoms with van der Waals surface area (Å²) in [5, 5.41) is 23.1. The number of ether oxygens (including phenoxy) is 1. The summed E-state index contributed by atoms with van der Waals surface area (Å²) in [6, 6.07) is -0.646. The Bertz CT molecular complexity index is 1170. The highest BCUT2D eigenvalue weighted by molar-refractivity contribution is 5.76. The maximum Gasteiger partial charge on any atom is 0.305 e. The van der Waals surface area contributed by atoms with Gasteiger partial charge in [0.1, 0.15) is 0 Å². The van der Waals surface area contributed by atoms with Crippen LogP contribution in [-0.2, 0) is 14.3 Å². The van der Waals surface area contributed by atoms with Crippen LogP contribution in [0.5, 0.6) is 0 Å². The van der Waals surface area contributed by atoms with E-state index in [9.17, 15) is 19.8 Å². The number of amides is 1. The molecule has 0 aliphatic heterocycles. The maximum absolute atomic E-state index is 12.5. The molecule has 0 saturated heterocycles. The molecule has 0 spiro atoms. The molecule has 6 heteroatoms. The van der Waals surface area contributed by atoms with E-state index in [2.05, 4.69) is 67.8 Å². The third-order valence-electron chi connectivity index (χ3n) is 13.0. The van der Waals surface area contributed by atoms with Crippen LogP contribution in [0.15, 0.2) is 60.8 Å². The smallest absolute Gasteiger partial charge is 0.305 e. The van der Waals surface area contributed by atoms with Crippen molar-refractivity contribution in [3.05, 3.63) is 60.8 Å². The van der Waals surface area contributed by atoms with E-state index in [0.717, 1.165) is 83.5 Å². The topological polar surface area (TPSA) is 95.9 Å². The zero-order chi connectivity index (χ0) is 48.6. The Balaban J connectivity index is 3.54. The molecular formula is C61H111NO5. The van der Waals surface area contributed by atoms with Gasteiger partial charge in [0, 0.05) is 12.8 Å². The van der Waals surface area contributed by atoms with Gasteiger partial charge in [0.05, 0.1) is 25.4 Å². The van der Waals surface area contributed by atoms with Crippen LogP contribution in [0.4, 0.5) is 0 Å². The Labute approximate surface area is 416 Å². The second kappa shape index (κ2) is 56.2. The molecule has 0 aromatic rings. The van der Waals surface area contributed by atoms with Crippen molar-refractivity contribution in [2.45, 2.75) is 302 Å². The van der Waals surface area contributed by atoms with E-state index < -0.39 is 12.1 Å². The molecule has 0 heterocycles. The Morgan fingerprint density at radius 2 is 0.791 bits per heavy atom. The first-order valence-corrected chi connectivity index (χ1v) is 29.1. The summed E-state index contributed by atoms with van der Waals surface area (Å²) in [5.41, 5.74) is 0. The molecule has 1 amide bonds. The maximum atomic E-state index is 12.5. The normalized spacial score (nSPS) is 13.1. The van der Waals surface area contributed by atoms with Gasteiger partial charge in [-0.15, -0.1) is 0 Å². The summed E-state index contributed by atoms with van der Waals surface area (Å²) in [6.45, 7) is 4.82. The minimum absolute atomic E-state index is 0.0273. The zero-order valence-electron chi connectivity index (χ0n) is 44.4. The van der Waals surface area contributed by atoms with Gasteiger partial charge in [-0.25, -0.2) is 0 Å². The molecular weight excluding hydrogens is 827 g/mol. The van der Waals surface area contributed by atoms with Gasteiger partial charge in [-0.2, -0.15) is 0 Å². The quantitative estimate of drug-likeness (QED) is 0.0244. The van der Waals surface area contributed by atoms with Crippen molar-refractivity contribution in [2.75, 3.05) is 13.2 Å². The van der Waals surface area contributed by atoms with E-state index >= 15 is 0 Å². The van der Waals surface area contributed by atoms with E-state index in [1.54, 1.807) is 6.08 Å². The molecule has 0 aromatic carbocycles. The zero-order valence-corrected chi connectivity index (χ0v) is 44.4. The fourth-order valence-corrected chi connectivity index (χ4v) is 8.54. The highest BCUT2D eigenvalue weighted by Gasteiger charge is 2.18. The monoisotopic (exact) mass is 938 g/mol. The number of hydrogen-bond donors (Lipinski definition) is 3. The van der Waals surface area contributed by atoms with Crippen molar-refractivity contribution < 1.29 is 24.5 Å². The number of carbonyl (C=O) groups is 2. The lowest BCUT2D eigenvalue weighted by atomic mass is 10.0. The van der Waals surface area contributed by atoms with E-state index in [1.807, 2.05) is 6.08 Å². The van der Waals surface area contributed by atoms with Gasteiger partial charge in [-0.3, -0.25) is 9.59 Å². The fraction of sp³-hybridized carbons (Fsp3) is 0.803. The van der Waals surface area contributed by atoms with Crippen molar-refractivity contribution >= 4 is 11.9 Å². The number of unbranched alkanes of at least 4 members (excludes halogenated alkanes) is 35. The molecule has 0 aliphatic carbocycles. The molecule has 3 N–H and O–H groups in total. The second-order valence-electron chi connectivity index (χ2n) is 19.6. The number of nitrogens with one attached hydrogen (secondary N) is 1. The highest BCUT2D eigenvalue weighted by Crippen LogP contribution is 2.16. The Kier molecular flexibility index (Phi) is 54.1. The molecule has 2 unspecified atom stereocenters. The van der Waals surface area contributed by atoms with Crippen molar-refractivity contribution in [2.24, 2.45) is 0 Å². The van der Waals surface area contributed by atoms with Crippen LogP contribution in [0, 0.1) is 0 Å². The van der Waals surface area contributed by atoms with E-state index in [4.69, 9.17) is 4.74 Å². The summed E-state index contributed by atoms with van der Waals surface area (Å²) < 4.78 is 5.46. The minimum atomic E-state index is -0.860. The summed E-state index contributed by atoms with van der Waals surface area (Å²) in [4.78, 5) is 24.5. The molecule has 6 nitrogen and oxygen atoms in total. The van der Waals surface area contributed by atoms with Crippen LogP contribution in [0.25, 0.3) is 0 Å². The van der Waals surface area contributed by atoms with Crippen molar-refractivity contribution in [1.29, 1.82) is 0 Å². The van der Waals surface area contributed by atoms with E-state index in [1.165, 1.54) is 180 Å². The van der Waals surface area contributed by atoms with Crippen LogP contribution in [-0.4, -0.2) is 47.4 Å². The molecule has 0 fully saturated rings. The predicted molar refractivity (Wildman–Crippen MR) is 292 cm³/mol. The fourth-order valence-electron chi connectivity index (χ4n) is 8.54. The number of carbonyl (C=O) groups excluding carboxylic acids is 2. The molecule has 0 saturated carbocycles. The largest absolute Gasteiger partial charge is 0.466 e. The van der Waals surface area contributed by atoms with Crippen LogP contribution >= 0.6 is 0 Å². The van der Waals surface area contributed by atoms with Gasteiger partial charge < -0.3 is 20.3 Å². The van der Waals surface area contributed by atoms with Crippen molar-refractivity contribution in [1.82, 2.24) is 5.32 Å². The number of aliphatic hydroxyl groups is 2. The summed E-state index contributed by atoms with van der Waals surface area (Å²) in [6.07, 6.45) is 72.4. The number of allylic oxidation sites excluding steroid dienone is 9. The first-order valence-electron chi connectivity index (χ1n) is 29.1. The molecule has 0 rings (SSSR count). The van der Waals surface area contributed by atoms with Crippen LogP contribution in [0.2, 0.25) is 0 Å². The van der Waals surface area contributed by atoms with E-state index in [-0.39, 0.29) is 18.5 Å². The third-order valence-corrected chi connectivity index (χ3v) is 13.0. The Hall–Kier alpha value is -2.44. The Morgan fingerprint density at radius 3 is 1.25 bits per heavy atom. The minimum Gasteiger partial charge on any atom is -0.466 e. The summed E-state index contributed by atoms with van der Waals surface area (Å²) in [5.74, 6) is -0.118. The lowest BCUT2D eigenvalue weighted by Crippen LogP contribution is -2.45. The van der Waals surface area contributed by atoms with Gasteiger partial charge in [-0.05, 0) is 96.3 Å². The summed E-state index contributed by atoms with van der Waals surface area (Å²) >= 11 is 0. The molecule has 390 valence electrons. The number of rotatable bonds is 53. The lowest BCUT2D eigenvalue weighted by Gasteiger charge is -2.20. The molecule has 0 bridgehead atoms. The van der Waals surface area contributed by atoms with Gasteiger partial charge in [0.25, 0.3) is 0 Å². The number of esters is 1. The average Bonchev–Trinajstić information content (AvgIpc) is 3.33. The van der Waals surface area contributed by atoms with Crippen LogP contribution in [0.3, 0.4) is 0 Å². The summed E-state index contributed by atoms with van der Waals surface area (Å²) in [7, 11) is 0. The van der Waals surface area contributed by atoms with Gasteiger partial charge in [0.2, 0.25) is 5.91 Å². The molecule has 2 atom stereocenters. The number of aliphatic hydroxyl groups excluding tert-OH is 2. The number of hydrogen-bond acceptors (Lipinski definition) is 5. The van der Waals surface area contributed by atoms with Gasteiger partial charge >= 0.3 is 5.97 Å². The first-order chi connectivity index (χ1) is 33.0. The van der Waals surface area contributed by atoms with E-state index in [0.29, 0.717) is 19.4 Å². The lowest BCUT2D eigenvalue weighted by molar-refractivity contribution is -0.143. The molecule has 0 radical (unpaired) electrons. The standard InChI is InChI=1S/C61H111NO5/c1-3-5-7-9-11-13-15-17-19-21-22-23-27-31-35-39-43-47-51-55-61(66)67-56-52-48-44-40-36-32-28-24-26-30-34-38-42-46-50-54-60(65)62-58(57-63)59(64)53-49-45-41-37-33-29-25-20-18-16-14-12-10-8-6-4-2/h11,13,17,19,24,28,32,36,49,53,58-59,63-64H,3-10,12,14-16,18,20-23,25-27,29-31,33-35,37-48,50-52,54-57H2,1-2H3,(H,62,65)/b13-11-,19-17-,28-24-,36-32-,53-49+. The highest BCUT2D eigenvalue weighted by atomic mass is 16.5. The third kappa shape index (κ3) is 52.8. The second-order valence-corrected chi connectivity index (χ2v) is 19.6. The molecule has 0 aromatic heterocycles. The SMILES string of the molecule is CCCCC/C=C\C/C=C\CCCCCCCCCCCC(=O)OCCCCC/C=C\C=C/CCCCCCCCC(=O)NC(CO)C(O)/C=C/CCCCCCCCCCCCCCCC.